The molecule has 3 nitrogen and oxygen atoms in total. The molecule has 1 aliphatic heterocycles. The topological polar surface area (TPSA) is 35.5 Å². The molecule has 0 aromatic heterocycles. The Hall–Kier alpha value is -0.120. The molecule has 1 saturated heterocycles. The smallest absolute Gasteiger partial charge is 0.0603 e. The van der Waals surface area contributed by atoms with Crippen LogP contribution in [-0.4, -0.2) is 48.3 Å². The third-order valence-corrected chi connectivity index (χ3v) is 2.94. The molecule has 0 aliphatic carbocycles. The maximum atomic E-state index is 9.50. The van der Waals surface area contributed by atoms with Gasteiger partial charge in [0.25, 0.3) is 0 Å². The third-order valence-electron chi connectivity index (χ3n) is 2.94. The van der Waals surface area contributed by atoms with Crippen molar-refractivity contribution in [3.63, 3.8) is 0 Å². The van der Waals surface area contributed by atoms with Gasteiger partial charge in [0.05, 0.1) is 5.60 Å². The summed E-state index contributed by atoms with van der Waals surface area (Å²) in [7, 11) is 0. The zero-order chi connectivity index (χ0) is 11.1. The molecule has 0 atom stereocenters. The molecule has 15 heavy (non-hydrogen) atoms. The maximum Gasteiger partial charge on any atom is 0.0603 e. The molecule has 1 heterocycles. The van der Waals surface area contributed by atoms with Crippen molar-refractivity contribution in [2.75, 3.05) is 32.7 Å². The van der Waals surface area contributed by atoms with Crippen LogP contribution in [0.4, 0.5) is 0 Å². The molecular formula is C12H26N2O. The van der Waals surface area contributed by atoms with Crippen LogP contribution < -0.4 is 5.32 Å². The lowest BCUT2D eigenvalue weighted by Gasteiger charge is -2.18. The first-order valence-electron chi connectivity index (χ1n) is 6.23. The number of likely N-dealkylation sites (tertiary alicyclic amines) is 1. The highest BCUT2D eigenvalue weighted by atomic mass is 16.3. The van der Waals surface area contributed by atoms with Gasteiger partial charge >= 0.3 is 0 Å². The van der Waals surface area contributed by atoms with Gasteiger partial charge in [-0.2, -0.15) is 0 Å². The normalized spacial score (nSPS) is 18.6. The number of nitrogens with one attached hydrogen (secondary N) is 1. The summed E-state index contributed by atoms with van der Waals surface area (Å²) >= 11 is 0. The predicted octanol–water partition coefficient (Wildman–Crippen LogP) is 1.22. The van der Waals surface area contributed by atoms with E-state index in [0.29, 0.717) is 0 Å². The molecule has 0 aromatic rings. The molecular weight excluding hydrogens is 188 g/mol. The van der Waals surface area contributed by atoms with Crippen LogP contribution in [0, 0.1) is 0 Å². The zero-order valence-electron chi connectivity index (χ0n) is 10.3. The van der Waals surface area contributed by atoms with Gasteiger partial charge in [-0.15, -0.1) is 0 Å². The summed E-state index contributed by atoms with van der Waals surface area (Å²) in [5, 5.41) is 12.9. The molecule has 1 aliphatic rings. The van der Waals surface area contributed by atoms with Crippen molar-refractivity contribution in [1.82, 2.24) is 10.2 Å². The molecule has 1 rings (SSSR count). The Balaban J connectivity index is 1.84. The summed E-state index contributed by atoms with van der Waals surface area (Å²) in [5.41, 5.74) is -0.526. The van der Waals surface area contributed by atoms with Crippen molar-refractivity contribution in [3.05, 3.63) is 0 Å². The van der Waals surface area contributed by atoms with Gasteiger partial charge in [-0.05, 0) is 72.3 Å². The quantitative estimate of drug-likeness (QED) is 0.626. The summed E-state index contributed by atoms with van der Waals surface area (Å²) in [6, 6.07) is 0. The van der Waals surface area contributed by atoms with E-state index in [2.05, 4.69) is 10.2 Å². The second kappa shape index (κ2) is 6.46. The van der Waals surface area contributed by atoms with Gasteiger partial charge in [0.15, 0.2) is 0 Å². The summed E-state index contributed by atoms with van der Waals surface area (Å²) < 4.78 is 0. The Kier molecular flexibility index (Phi) is 5.58. The minimum absolute atomic E-state index is 0.526. The molecule has 0 radical (unpaired) electrons. The van der Waals surface area contributed by atoms with E-state index in [1.807, 2.05) is 13.8 Å². The fraction of sp³-hybridized carbons (Fsp3) is 1.00. The van der Waals surface area contributed by atoms with E-state index in [9.17, 15) is 5.11 Å². The van der Waals surface area contributed by atoms with Crippen molar-refractivity contribution in [1.29, 1.82) is 0 Å². The van der Waals surface area contributed by atoms with Crippen molar-refractivity contribution in [2.45, 2.75) is 45.1 Å². The zero-order valence-corrected chi connectivity index (χ0v) is 10.3. The highest BCUT2D eigenvalue weighted by Crippen LogP contribution is 2.07. The molecule has 0 aromatic carbocycles. The van der Waals surface area contributed by atoms with E-state index in [1.54, 1.807) is 0 Å². The summed E-state index contributed by atoms with van der Waals surface area (Å²) in [6.07, 6.45) is 4.82. The van der Waals surface area contributed by atoms with Crippen LogP contribution >= 0.6 is 0 Å². The van der Waals surface area contributed by atoms with Crippen LogP contribution in [0.3, 0.4) is 0 Å². The molecule has 0 bridgehead atoms. The minimum atomic E-state index is -0.526. The van der Waals surface area contributed by atoms with E-state index in [-0.39, 0.29) is 0 Å². The maximum absolute atomic E-state index is 9.50. The van der Waals surface area contributed by atoms with E-state index < -0.39 is 5.60 Å². The van der Waals surface area contributed by atoms with Gasteiger partial charge in [0.1, 0.15) is 0 Å². The first kappa shape index (κ1) is 12.9. The predicted molar refractivity (Wildman–Crippen MR) is 64.1 cm³/mol. The van der Waals surface area contributed by atoms with Crippen molar-refractivity contribution in [3.8, 4) is 0 Å². The standard InChI is InChI=1S/C12H26N2O/c1-12(2,15)6-8-13-7-5-11-14-9-3-4-10-14/h13,15H,3-11H2,1-2H3. The Bertz CT molecular complexity index is 159. The molecule has 1 fully saturated rings. The van der Waals surface area contributed by atoms with Gasteiger partial charge in [-0.1, -0.05) is 0 Å². The second-order valence-electron chi connectivity index (χ2n) is 5.21. The van der Waals surface area contributed by atoms with Crippen molar-refractivity contribution in [2.24, 2.45) is 0 Å². The molecule has 0 spiro atoms. The first-order chi connectivity index (χ1) is 7.08. The number of nitrogens with zero attached hydrogens (tertiary/aromatic N) is 1. The fourth-order valence-electron chi connectivity index (χ4n) is 1.95. The van der Waals surface area contributed by atoms with Crippen LogP contribution in [0.1, 0.15) is 39.5 Å². The SMILES string of the molecule is CC(C)(O)CCNCCCN1CCCC1. The number of aliphatic hydroxyl groups is 1. The summed E-state index contributed by atoms with van der Waals surface area (Å²) in [6.45, 7) is 9.54. The van der Waals surface area contributed by atoms with Gasteiger partial charge in [0, 0.05) is 0 Å². The van der Waals surface area contributed by atoms with Crippen LogP contribution in [-0.2, 0) is 0 Å². The lowest BCUT2D eigenvalue weighted by Crippen LogP contribution is -2.29. The summed E-state index contributed by atoms with van der Waals surface area (Å²) in [4.78, 5) is 2.54. The van der Waals surface area contributed by atoms with E-state index in [4.69, 9.17) is 0 Å². The molecule has 2 N–H and O–H groups in total. The van der Waals surface area contributed by atoms with Gasteiger partial charge in [-0.25, -0.2) is 0 Å². The van der Waals surface area contributed by atoms with Gasteiger partial charge < -0.3 is 15.3 Å². The van der Waals surface area contributed by atoms with Crippen molar-refractivity contribution < 1.29 is 5.11 Å². The van der Waals surface area contributed by atoms with E-state index in [0.717, 1.165) is 19.5 Å². The lowest BCUT2D eigenvalue weighted by molar-refractivity contribution is 0.0712. The number of hydrogen-bond acceptors (Lipinski definition) is 3. The first-order valence-corrected chi connectivity index (χ1v) is 6.23. The third kappa shape index (κ3) is 6.88. The molecule has 0 amide bonds. The number of rotatable bonds is 7. The lowest BCUT2D eigenvalue weighted by atomic mass is 10.1. The average Bonchev–Trinajstić information content (AvgIpc) is 2.61. The fourth-order valence-corrected chi connectivity index (χ4v) is 1.95. The molecule has 0 unspecified atom stereocenters. The molecule has 3 heteroatoms. The molecule has 90 valence electrons. The van der Waals surface area contributed by atoms with E-state index >= 15 is 0 Å². The highest BCUT2D eigenvalue weighted by Gasteiger charge is 2.11. The Morgan fingerprint density at radius 1 is 1.20 bits per heavy atom. The monoisotopic (exact) mass is 214 g/mol. The Labute approximate surface area is 93.9 Å². The summed E-state index contributed by atoms with van der Waals surface area (Å²) in [5.74, 6) is 0. The second-order valence-corrected chi connectivity index (χ2v) is 5.21. The average molecular weight is 214 g/mol. The highest BCUT2D eigenvalue weighted by molar-refractivity contribution is 4.68. The molecule has 0 saturated carbocycles. The largest absolute Gasteiger partial charge is 0.390 e. The van der Waals surface area contributed by atoms with Crippen LogP contribution in [0.5, 0.6) is 0 Å². The minimum Gasteiger partial charge on any atom is -0.390 e. The van der Waals surface area contributed by atoms with Gasteiger partial charge in [-0.3, -0.25) is 0 Å². The van der Waals surface area contributed by atoms with Crippen LogP contribution in [0.15, 0.2) is 0 Å². The van der Waals surface area contributed by atoms with Crippen LogP contribution in [0.2, 0.25) is 0 Å². The van der Waals surface area contributed by atoms with E-state index in [1.165, 1.54) is 38.9 Å². The Morgan fingerprint density at radius 3 is 2.47 bits per heavy atom. The number of hydrogen-bond donors (Lipinski definition) is 2. The van der Waals surface area contributed by atoms with Gasteiger partial charge in [0.2, 0.25) is 0 Å². The van der Waals surface area contributed by atoms with Crippen molar-refractivity contribution >= 4 is 0 Å². The van der Waals surface area contributed by atoms with Crippen LogP contribution in [0.25, 0.3) is 0 Å². The Morgan fingerprint density at radius 2 is 1.87 bits per heavy atom.